The fourth-order valence-electron chi connectivity index (χ4n) is 1.48. The molecule has 100 valence electrons. The predicted molar refractivity (Wildman–Crippen MR) is 57.8 cm³/mol. The second kappa shape index (κ2) is 6.08. The van der Waals surface area contributed by atoms with Crippen molar-refractivity contribution in [3.05, 3.63) is 0 Å². The molecule has 6 nitrogen and oxygen atoms in total. The van der Waals surface area contributed by atoms with E-state index in [0.29, 0.717) is 13.2 Å². The Morgan fingerprint density at radius 2 is 1.53 bits per heavy atom. The van der Waals surface area contributed by atoms with Crippen LogP contribution in [0.2, 0.25) is 0 Å². The average Bonchev–Trinajstić information content (AvgIpc) is 3.13. The summed E-state index contributed by atoms with van der Waals surface area (Å²) in [6.07, 6.45) is 0.590. The Hall–Kier alpha value is -0.240. The summed E-state index contributed by atoms with van der Waals surface area (Å²) in [5.41, 5.74) is -1.13. The number of ether oxygens (including phenoxy) is 4. The molecule has 0 aliphatic carbocycles. The van der Waals surface area contributed by atoms with E-state index in [0.717, 1.165) is 13.2 Å². The van der Waals surface area contributed by atoms with Gasteiger partial charge < -0.3 is 29.2 Å². The summed E-state index contributed by atoms with van der Waals surface area (Å²) >= 11 is 0. The van der Waals surface area contributed by atoms with Gasteiger partial charge in [-0.1, -0.05) is 0 Å². The lowest BCUT2D eigenvalue weighted by Crippen LogP contribution is -2.41. The first-order valence-electron chi connectivity index (χ1n) is 5.94. The summed E-state index contributed by atoms with van der Waals surface area (Å²) in [7, 11) is 0. The van der Waals surface area contributed by atoms with Crippen LogP contribution in [-0.4, -0.2) is 74.3 Å². The van der Waals surface area contributed by atoms with Crippen LogP contribution in [0.5, 0.6) is 0 Å². The van der Waals surface area contributed by atoms with Gasteiger partial charge in [-0.25, -0.2) is 0 Å². The molecule has 6 heteroatoms. The van der Waals surface area contributed by atoms with Gasteiger partial charge in [-0.3, -0.25) is 0 Å². The van der Waals surface area contributed by atoms with Crippen molar-refractivity contribution in [1.29, 1.82) is 0 Å². The molecule has 2 heterocycles. The minimum atomic E-state index is -1.13. The maximum Gasteiger partial charge on any atom is 0.113 e. The van der Waals surface area contributed by atoms with Crippen LogP contribution in [0.3, 0.4) is 0 Å². The zero-order valence-corrected chi connectivity index (χ0v) is 9.84. The van der Waals surface area contributed by atoms with Crippen molar-refractivity contribution < 1.29 is 29.2 Å². The van der Waals surface area contributed by atoms with Crippen molar-refractivity contribution in [1.82, 2.24) is 0 Å². The Labute approximate surface area is 100 Å². The minimum Gasteiger partial charge on any atom is -0.396 e. The summed E-state index contributed by atoms with van der Waals surface area (Å²) in [6, 6.07) is 0. The number of hydrogen-bond acceptors (Lipinski definition) is 6. The molecule has 0 spiro atoms. The number of hydrogen-bond donors (Lipinski definition) is 2. The van der Waals surface area contributed by atoms with E-state index in [2.05, 4.69) is 0 Å². The second-order valence-electron chi connectivity index (χ2n) is 4.64. The minimum absolute atomic E-state index is 0.0942. The van der Waals surface area contributed by atoms with Crippen LogP contribution in [0.15, 0.2) is 0 Å². The van der Waals surface area contributed by atoms with Gasteiger partial charge in [0.1, 0.15) is 17.8 Å². The Morgan fingerprint density at radius 1 is 1.06 bits per heavy atom. The molecule has 17 heavy (non-hydrogen) atoms. The van der Waals surface area contributed by atoms with E-state index in [-0.39, 0.29) is 38.4 Å². The highest BCUT2D eigenvalue weighted by atomic mass is 16.6. The van der Waals surface area contributed by atoms with Gasteiger partial charge in [-0.05, 0) is 0 Å². The van der Waals surface area contributed by atoms with E-state index in [4.69, 9.17) is 24.1 Å². The molecule has 2 saturated heterocycles. The molecule has 2 atom stereocenters. The Kier molecular flexibility index (Phi) is 4.72. The normalized spacial score (nSPS) is 30.0. The van der Waals surface area contributed by atoms with E-state index >= 15 is 0 Å². The lowest BCUT2D eigenvalue weighted by Gasteiger charge is -2.26. The summed E-state index contributed by atoms with van der Waals surface area (Å²) in [5.74, 6) is 0. The maximum atomic E-state index is 10.2. The fourth-order valence-corrected chi connectivity index (χ4v) is 1.48. The zero-order chi connectivity index (χ0) is 12.1. The summed E-state index contributed by atoms with van der Waals surface area (Å²) in [5, 5.41) is 19.1. The van der Waals surface area contributed by atoms with Crippen molar-refractivity contribution >= 4 is 0 Å². The van der Waals surface area contributed by atoms with E-state index in [9.17, 15) is 5.11 Å². The largest absolute Gasteiger partial charge is 0.396 e. The van der Waals surface area contributed by atoms with Crippen molar-refractivity contribution in [2.45, 2.75) is 24.2 Å². The third-order valence-electron chi connectivity index (χ3n) is 2.73. The third kappa shape index (κ3) is 5.29. The van der Waals surface area contributed by atoms with E-state index in [1.807, 2.05) is 0 Å². The molecule has 0 bridgehead atoms. The highest BCUT2D eigenvalue weighted by Gasteiger charge is 2.31. The topological polar surface area (TPSA) is 84.0 Å². The molecule has 2 N–H and O–H groups in total. The first-order chi connectivity index (χ1) is 8.22. The van der Waals surface area contributed by atoms with Crippen molar-refractivity contribution in [2.75, 3.05) is 46.2 Å². The first-order valence-corrected chi connectivity index (χ1v) is 5.94. The maximum absolute atomic E-state index is 10.2. The van der Waals surface area contributed by atoms with Crippen LogP contribution >= 0.6 is 0 Å². The van der Waals surface area contributed by atoms with Crippen LogP contribution in [0, 0.1) is 0 Å². The van der Waals surface area contributed by atoms with Crippen molar-refractivity contribution in [3.8, 4) is 0 Å². The lowest BCUT2D eigenvalue weighted by atomic mass is 10.0. The van der Waals surface area contributed by atoms with Crippen molar-refractivity contribution in [3.63, 3.8) is 0 Å². The molecule has 0 aromatic carbocycles. The Morgan fingerprint density at radius 3 is 1.88 bits per heavy atom. The van der Waals surface area contributed by atoms with Gasteiger partial charge in [0, 0.05) is 13.0 Å². The van der Waals surface area contributed by atoms with Gasteiger partial charge in [-0.15, -0.1) is 0 Å². The third-order valence-corrected chi connectivity index (χ3v) is 2.73. The molecule has 0 aromatic heterocycles. The smallest absolute Gasteiger partial charge is 0.113 e. The quantitative estimate of drug-likeness (QED) is 0.479. The standard InChI is InChI=1S/C11H20O6/c12-2-1-11(13,7-14-3-9-5-16-9)8-15-4-10-6-17-10/h9-10,12-13H,1-8H2. The van der Waals surface area contributed by atoms with Crippen LogP contribution in [0.25, 0.3) is 0 Å². The van der Waals surface area contributed by atoms with Gasteiger partial charge in [0.05, 0.1) is 39.6 Å². The molecule has 0 saturated carbocycles. The predicted octanol–water partition coefficient (Wildman–Crippen LogP) is -1.07. The second-order valence-corrected chi connectivity index (χ2v) is 4.64. The fraction of sp³-hybridized carbons (Fsp3) is 1.00. The molecule has 2 fully saturated rings. The average molecular weight is 248 g/mol. The van der Waals surface area contributed by atoms with Gasteiger partial charge in [-0.2, -0.15) is 0 Å². The molecule has 2 unspecified atom stereocenters. The molecule has 2 aliphatic rings. The molecule has 2 aliphatic heterocycles. The lowest BCUT2D eigenvalue weighted by molar-refractivity contribution is -0.108. The number of aliphatic hydroxyl groups is 2. The Bertz CT molecular complexity index is 208. The Balaban J connectivity index is 1.62. The SMILES string of the molecule is OCCC(O)(COCC1CO1)COCC1CO1. The van der Waals surface area contributed by atoms with Crippen LogP contribution in [0.1, 0.15) is 6.42 Å². The highest BCUT2D eigenvalue weighted by Crippen LogP contribution is 2.16. The molecule has 0 radical (unpaired) electrons. The number of rotatable bonds is 10. The number of epoxide rings is 2. The summed E-state index contributed by atoms with van der Waals surface area (Å²) in [6.45, 7) is 2.64. The van der Waals surface area contributed by atoms with Gasteiger partial charge in [0.15, 0.2) is 0 Å². The van der Waals surface area contributed by atoms with Crippen LogP contribution in [-0.2, 0) is 18.9 Å². The molecule has 2 rings (SSSR count). The van der Waals surface area contributed by atoms with Gasteiger partial charge in [0.2, 0.25) is 0 Å². The van der Waals surface area contributed by atoms with Crippen molar-refractivity contribution in [2.24, 2.45) is 0 Å². The zero-order valence-electron chi connectivity index (χ0n) is 9.84. The van der Waals surface area contributed by atoms with Crippen LogP contribution < -0.4 is 0 Å². The number of aliphatic hydroxyl groups excluding tert-OH is 1. The highest BCUT2D eigenvalue weighted by molar-refractivity contribution is 4.79. The molecule has 0 aromatic rings. The van der Waals surface area contributed by atoms with Gasteiger partial charge >= 0.3 is 0 Å². The molecule has 0 amide bonds. The molecular weight excluding hydrogens is 228 g/mol. The molecular formula is C11H20O6. The van der Waals surface area contributed by atoms with E-state index in [1.54, 1.807) is 0 Å². The van der Waals surface area contributed by atoms with Gasteiger partial charge in [0.25, 0.3) is 0 Å². The van der Waals surface area contributed by atoms with E-state index < -0.39 is 5.60 Å². The summed E-state index contributed by atoms with van der Waals surface area (Å²) < 4.78 is 20.7. The monoisotopic (exact) mass is 248 g/mol. The summed E-state index contributed by atoms with van der Waals surface area (Å²) in [4.78, 5) is 0. The first kappa shape index (κ1) is 13.2. The van der Waals surface area contributed by atoms with E-state index in [1.165, 1.54) is 0 Å². The van der Waals surface area contributed by atoms with Crippen LogP contribution in [0.4, 0.5) is 0 Å².